The predicted molar refractivity (Wildman–Crippen MR) is 97.9 cm³/mol. The van der Waals surface area contributed by atoms with E-state index in [1.807, 2.05) is 31.2 Å². The molecule has 1 aromatic carbocycles. The number of piperazine rings is 1. The molecule has 0 saturated carbocycles. The number of amides is 2. The van der Waals surface area contributed by atoms with Gasteiger partial charge in [0.25, 0.3) is 5.91 Å². The van der Waals surface area contributed by atoms with Gasteiger partial charge in [-0.2, -0.15) is 0 Å². The first-order valence-electron chi connectivity index (χ1n) is 8.82. The predicted octanol–water partition coefficient (Wildman–Crippen LogP) is 1.24. The van der Waals surface area contributed by atoms with Crippen LogP contribution in [-0.4, -0.2) is 58.9 Å². The van der Waals surface area contributed by atoms with Gasteiger partial charge in [0.1, 0.15) is 5.82 Å². The van der Waals surface area contributed by atoms with Crippen molar-refractivity contribution in [3.63, 3.8) is 0 Å². The third kappa shape index (κ3) is 3.06. The molecule has 4 rings (SSSR count). The quantitative estimate of drug-likeness (QED) is 0.775. The molecule has 1 aromatic heterocycles. The summed E-state index contributed by atoms with van der Waals surface area (Å²) < 4.78 is 0. The van der Waals surface area contributed by atoms with E-state index in [9.17, 15) is 9.59 Å². The largest absolute Gasteiger partial charge is 0.353 e. The van der Waals surface area contributed by atoms with Crippen molar-refractivity contribution < 1.29 is 9.59 Å². The maximum absolute atomic E-state index is 12.9. The standard InChI is InChI=1S/C19H21N5O2/c1-14-2-4-15(5-3-14)24-18(25)12-16(19(24)26)22-8-10-23(11-9-22)17-13-20-6-7-21-17/h2-7,13,16H,8-12H2,1H3/t16-/m1/s1. The number of aryl methyl sites for hydroxylation is 1. The van der Waals surface area contributed by atoms with Crippen LogP contribution in [0, 0.1) is 6.92 Å². The second-order valence-corrected chi connectivity index (χ2v) is 6.71. The van der Waals surface area contributed by atoms with Crippen molar-refractivity contribution in [2.45, 2.75) is 19.4 Å². The number of nitrogens with zero attached hydrogens (tertiary/aromatic N) is 5. The third-order valence-corrected chi connectivity index (χ3v) is 5.04. The molecule has 0 N–H and O–H groups in total. The molecule has 0 spiro atoms. The minimum atomic E-state index is -0.368. The van der Waals surface area contributed by atoms with Crippen LogP contribution in [-0.2, 0) is 9.59 Å². The Morgan fingerprint density at radius 1 is 1.00 bits per heavy atom. The van der Waals surface area contributed by atoms with E-state index in [0.29, 0.717) is 5.69 Å². The number of carbonyl (C=O) groups is 2. The highest BCUT2D eigenvalue weighted by Crippen LogP contribution is 2.27. The van der Waals surface area contributed by atoms with Gasteiger partial charge in [-0.1, -0.05) is 17.7 Å². The van der Waals surface area contributed by atoms with Crippen LogP contribution in [0.4, 0.5) is 11.5 Å². The normalized spacial score (nSPS) is 21.5. The van der Waals surface area contributed by atoms with Gasteiger partial charge in [0.15, 0.2) is 0 Å². The number of aromatic nitrogens is 2. The second-order valence-electron chi connectivity index (χ2n) is 6.71. The molecule has 2 fully saturated rings. The minimum Gasteiger partial charge on any atom is -0.353 e. The summed E-state index contributed by atoms with van der Waals surface area (Å²) in [5, 5.41) is 0. The molecular weight excluding hydrogens is 330 g/mol. The number of imide groups is 1. The summed E-state index contributed by atoms with van der Waals surface area (Å²) in [6, 6.07) is 7.14. The molecule has 0 radical (unpaired) electrons. The average Bonchev–Trinajstić information content (AvgIpc) is 2.98. The molecule has 2 aliphatic rings. The Hall–Kier alpha value is -2.80. The van der Waals surface area contributed by atoms with Crippen LogP contribution < -0.4 is 9.80 Å². The van der Waals surface area contributed by atoms with Crippen molar-refractivity contribution in [3.8, 4) is 0 Å². The van der Waals surface area contributed by atoms with Crippen molar-refractivity contribution in [3.05, 3.63) is 48.4 Å². The van der Waals surface area contributed by atoms with Crippen molar-refractivity contribution in [2.75, 3.05) is 36.0 Å². The van der Waals surface area contributed by atoms with E-state index < -0.39 is 0 Å². The maximum Gasteiger partial charge on any atom is 0.251 e. The number of carbonyl (C=O) groups excluding carboxylic acids is 2. The molecule has 0 bridgehead atoms. The fraction of sp³-hybridized carbons (Fsp3) is 0.368. The maximum atomic E-state index is 12.9. The highest BCUT2D eigenvalue weighted by atomic mass is 16.2. The topological polar surface area (TPSA) is 69.6 Å². The SMILES string of the molecule is Cc1ccc(N2C(=O)C[C@@H](N3CCN(c4cnccn4)CC3)C2=O)cc1. The first kappa shape index (κ1) is 16.7. The molecular formula is C19H21N5O2. The Morgan fingerprint density at radius 3 is 2.38 bits per heavy atom. The molecule has 3 heterocycles. The minimum absolute atomic E-state index is 0.119. The summed E-state index contributed by atoms with van der Waals surface area (Å²) in [6.45, 7) is 4.96. The lowest BCUT2D eigenvalue weighted by molar-refractivity contribution is -0.123. The van der Waals surface area contributed by atoms with Gasteiger partial charge in [0.2, 0.25) is 5.91 Å². The number of hydrogen-bond acceptors (Lipinski definition) is 6. The van der Waals surface area contributed by atoms with Crippen molar-refractivity contribution in [1.29, 1.82) is 0 Å². The van der Waals surface area contributed by atoms with Crippen molar-refractivity contribution in [2.24, 2.45) is 0 Å². The number of anilines is 2. The molecule has 0 unspecified atom stereocenters. The molecule has 7 nitrogen and oxygen atoms in total. The first-order valence-corrected chi connectivity index (χ1v) is 8.82. The van der Waals surface area contributed by atoms with E-state index in [1.54, 1.807) is 18.6 Å². The van der Waals surface area contributed by atoms with Crippen molar-refractivity contribution in [1.82, 2.24) is 14.9 Å². The zero-order valence-corrected chi connectivity index (χ0v) is 14.7. The highest BCUT2D eigenvalue weighted by molar-refractivity contribution is 6.22. The highest BCUT2D eigenvalue weighted by Gasteiger charge is 2.43. The molecule has 2 aromatic rings. The number of benzene rings is 1. The number of rotatable bonds is 3. The third-order valence-electron chi connectivity index (χ3n) is 5.04. The van der Waals surface area contributed by atoms with Gasteiger partial charge in [0, 0.05) is 38.6 Å². The fourth-order valence-corrected chi connectivity index (χ4v) is 3.58. The van der Waals surface area contributed by atoms with E-state index in [1.165, 1.54) is 4.90 Å². The lowest BCUT2D eigenvalue weighted by Gasteiger charge is -2.37. The van der Waals surface area contributed by atoms with E-state index in [-0.39, 0.29) is 24.3 Å². The van der Waals surface area contributed by atoms with E-state index >= 15 is 0 Å². The van der Waals surface area contributed by atoms with Crippen LogP contribution in [0.2, 0.25) is 0 Å². The molecule has 1 atom stereocenters. The summed E-state index contributed by atoms with van der Waals surface area (Å²) in [6.07, 6.45) is 5.33. The average molecular weight is 351 g/mol. The van der Waals surface area contributed by atoms with Gasteiger partial charge >= 0.3 is 0 Å². The Balaban J connectivity index is 1.44. The molecule has 26 heavy (non-hydrogen) atoms. The Bertz CT molecular complexity index is 800. The van der Waals surface area contributed by atoms with Crippen LogP contribution >= 0.6 is 0 Å². The molecule has 2 amide bonds. The smallest absolute Gasteiger partial charge is 0.251 e. The summed E-state index contributed by atoms with van der Waals surface area (Å²) in [7, 11) is 0. The summed E-state index contributed by atoms with van der Waals surface area (Å²) in [5.74, 6) is 0.606. The Kier molecular flexibility index (Phi) is 4.38. The summed E-state index contributed by atoms with van der Waals surface area (Å²) >= 11 is 0. The lowest BCUT2D eigenvalue weighted by atomic mass is 10.1. The van der Waals surface area contributed by atoms with E-state index in [0.717, 1.165) is 37.6 Å². The van der Waals surface area contributed by atoms with Crippen LogP contribution in [0.15, 0.2) is 42.9 Å². The molecule has 0 aliphatic carbocycles. The van der Waals surface area contributed by atoms with E-state index in [2.05, 4.69) is 19.8 Å². The molecule has 2 aliphatic heterocycles. The zero-order chi connectivity index (χ0) is 18.1. The van der Waals surface area contributed by atoms with Crippen LogP contribution in [0.1, 0.15) is 12.0 Å². The lowest BCUT2D eigenvalue weighted by Crippen LogP contribution is -2.52. The molecule has 134 valence electrons. The van der Waals surface area contributed by atoms with Gasteiger partial charge in [-0.15, -0.1) is 0 Å². The summed E-state index contributed by atoms with van der Waals surface area (Å²) in [5.41, 5.74) is 1.76. The van der Waals surface area contributed by atoms with Gasteiger partial charge in [-0.25, -0.2) is 9.88 Å². The monoisotopic (exact) mass is 351 g/mol. The van der Waals surface area contributed by atoms with E-state index in [4.69, 9.17) is 0 Å². The number of hydrogen-bond donors (Lipinski definition) is 0. The van der Waals surface area contributed by atoms with Gasteiger partial charge in [-0.3, -0.25) is 19.5 Å². The molecule has 2 saturated heterocycles. The fourth-order valence-electron chi connectivity index (χ4n) is 3.58. The van der Waals surface area contributed by atoms with Gasteiger partial charge < -0.3 is 4.90 Å². The van der Waals surface area contributed by atoms with Crippen LogP contribution in [0.5, 0.6) is 0 Å². The first-order chi connectivity index (χ1) is 12.6. The Morgan fingerprint density at radius 2 is 1.73 bits per heavy atom. The van der Waals surface area contributed by atoms with Crippen molar-refractivity contribution >= 4 is 23.3 Å². The summed E-state index contributed by atoms with van der Waals surface area (Å²) in [4.78, 5) is 39.4. The van der Waals surface area contributed by atoms with Gasteiger partial charge in [-0.05, 0) is 19.1 Å². The van der Waals surface area contributed by atoms with Crippen LogP contribution in [0.25, 0.3) is 0 Å². The second kappa shape index (κ2) is 6.84. The zero-order valence-electron chi connectivity index (χ0n) is 14.7. The Labute approximate surface area is 152 Å². The van der Waals surface area contributed by atoms with Gasteiger partial charge in [0.05, 0.1) is 24.3 Å². The molecule has 7 heteroatoms. The van der Waals surface area contributed by atoms with Crippen LogP contribution in [0.3, 0.4) is 0 Å².